The molecule has 0 radical (unpaired) electrons. The highest BCUT2D eigenvalue weighted by molar-refractivity contribution is 5.79. The summed E-state index contributed by atoms with van der Waals surface area (Å²) in [4.78, 5) is 6.49. The highest BCUT2D eigenvalue weighted by atomic mass is 19.4. The monoisotopic (exact) mass is 344 g/mol. The first kappa shape index (κ1) is 20.1. The van der Waals surface area contributed by atoms with Gasteiger partial charge in [0.25, 0.3) is 0 Å². The number of aliphatic imine (C=N–C) groups is 1. The Bertz CT molecular complexity index is 474. The lowest BCUT2D eigenvalue weighted by Gasteiger charge is -2.18. The SMILES string of the molecule is CCNC(=NCCCCN(C)c1ccccc1)NCCC(F)(F)F. The van der Waals surface area contributed by atoms with Crippen molar-refractivity contribution >= 4 is 11.6 Å². The lowest BCUT2D eigenvalue weighted by atomic mass is 10.2. The van der Waals surface area contributed by atoms with Crippen molar-refractivity contribution in [2.75, 3.05) is 38.1 Å². The Kier molecular flexibility index (Phi) is 9.04. The van der Waals surface area contributed by atoms with Crippen LogP contribution < -0.4 is 15.5 Å². The summed E-state index contributed by atoms with van der Waals surface area (Å²) in [5.74, 6) is 0.443. The third-order valence-electron chi connectivity index (χ3n) is 3.41. The van der Waals surface area contributed by atoms with Gasteiger partial charge in [0.15, 0.2) is 5.96 Å². The molecule has 2 N–H and O–H groups in total. The molecule has 0 saturated carbocycles. The maximum atomic E-state index is 12.2. The predicted octanol–water partition coefficient (Wildman–Crippen LogP) is 3.41. The van der Waals surface area contributed by atoms with Gasteiger partial charge in [-0.05, 0) is 31.9 Å². The van der Waals surface area contributed by atoms with Gasteiger partial charge in [-0.15, -0.1) is 0 Å². The normalized spacial score (nSPS) is 12.1. The maximum absolute atomic E-state index is 12.2. The van der Waals surface area contributed by atoms with Crippen LogP contribution in [0.1, 0.15) is 26.2 Å². The van der Waals surface area contributed by atoms with E-state index in [9.17, 15) is 13.2 Å². The fourth-order valence-electron chi connectivity index (χ4n) is 2.13. The molecule has 0 aromatic heterocycles. The summed E-state index contributed by atoms with van der Waals surface area (Å²) in [5.41, 5.74) is 1.17. The van der Waals surface area contributed by atoms with Crippen LogP contribution in [0, 0.1) is 0 Å². The number of rotatable bonds is 9. The van der Waals surface area contributed by atoms with Crippen molar-refractivity contribution in [3.63, 3.8) is 0 Å². The zero-order chi connectivity index (χ0) is 17.8. The highest BCUT2D eigenvalue weighted by Gasteiger charge is 2.26. The number of nitrogens with zero attached hydrogens (tertiary/aromatic N) is 2. The summed E-state index contributed by atoms with van der Waals surface area (Å²) in [6.45, 7) is 3.85. The standard InChI is InChI=1S/C17H27F3N4/c1-3-21-16(23-13-11-17(18,19)20)22-12-7-8-14-24(2)15-9-5-4-6-10-15/h4-6,9-10H,3,7-8,11-14H2,1-2H3,(H2,21,22,23). The Morgan fingerprint density at radius 2 is 1.83 bits per heavy atom. The molecule has 0 unspecified atom stereocenters. The Morgan fingerprint density at radius 1 is 1.12 bits per heavy atom. The molecule has 0 aliphatic rings. The van der Waals surface area contributed by atoms with Crippen LogP contribution in [0.3, 0.4) is 0 Å². The van der Waals surface area contributed by atoms with Crippen molar-refractivity contribution < 1.29 is 13.2 Å². The molecule has 7 heteroatoms. The van der Waals surface area contributed by atoms with Gasteiger partial charge in [0.2, 0.25) is 0 Å². The topological polar surface area (TPSA) is 39.7 Å². The summed E-state index contributed by atoms with van der Waals surface area (Å²) in [6, 6.07) is 10.1. The van der Waals surface area contributed by atoms with E-state index < -0.39 is 12.6 Å². The highest BCUT2D eigenvalue weighted by Crippen LogP contribution is 2.18. The van der Waals surface area contributed by atoms with Gasteiger partial charge >= 0.3 is 6.18 Å². The van der Waals surface area contributed by atoms with Crippen molar-refractivity contribution in [1.82, 2.24) is 10.6 Å². The molecule has 0 atom stereocenters. The molecule has 0 saturated heterocycles. The number of halogens is 3. The minimum atomic E-state index is -4.15. The van der Waals surface area contributed by atoms with Crippen LogP contribution >= 0.6 is 0 Å². The molecule has 0 bridgehead atoms. The van der Waals surface area contributed by atoms with E-state index in [0.29, 0.717) is 19.0 Å². The summed E-state index contributed by atoms with van der Waals surface area (Å²) >= 11 is 0. The van der Waals surface area contributed by atoms with Crippen molar-refractivity contribution in [3.05, 3.63) is 30.3 Å². The number of unbranched alkanes of at least 4 members (excludes halogenated alkanes) is 1. The summed E-state index contributed by atoms with van der Waals surface area (Å²) in [7, 11) is 2.04. The Hall–Kier alpha value is -1.92. The van der Waals surface area contributed by atoms with Crippen molar-refractivity contribution in [1.29, 1.82) is 0 Å². The van der Waals surface area contributed by atoms with E-state index in [1.807, 2.05) is 32.2 Å². The van der Waals surface area contributed by atoms with Crippen molar-refractivity contribution in [3.8, 4) is 0 Å². The van der Waals surface area contributed by atoms with E-state index in [4.69, 9.17) is 0 Å². The zero-order valence-electron chi connectivity index (χ0n) is 14.4. The Labute approximate surface area is 142 Å². The zero-order valence-corrected chi connectivity index (χ0v) is 14.4. The molecule has 0 amide bonds. The number of hydrogen-bond acceptors (Lipinski definition) is 2. The lowest BCUT2D eigenvalue weighted by molar-refractivity contribution is -0.132. The van der Waals surface area contributed by atoms with Crippen LogP contribution in [0.4, 0.5) is 18.9 Å². The van der Waals surface area contributed by atoms with Crippen LogP contribution in [0.25, 0.3) is 0 Å². The van der Waals surface area contributed by atoms with Gasteiger partial charge < -0.3 is 15.5 Å². The van der Waals surface area contributed by atoms with E-state index in [0.717, 1.165) is 19.4 Å². The van der Waals surface area contributed by atoms with Gasteiger partial charge in [-0.2, -0.15) is 13.2 Å². The Morgan fingerprint density at radius 3 is 2.46 bits per heavy atom. The second kappa shape index (κ2) is 10.8. The molecule has 0 heterocycles. The molecule has 24 heavy (non-hydrogen) atoms. The van der Waals surface area contributed by atoms with Crippen molar-refractivity contribution in [2.24, 2.45) is 4.99 Å². The van der Waals surface area contributed by atoms with Gasteiger partial charge in [0, 0.05) is 38.9 Å². The second-order valence-corrected chi connectivity index (χ2v) is 5.52. The number of benzene rings is 1. The van der Waals surface area contributed by atoms with Crippen LogP contribution in [-0.2, 0) is 0 Å². The minimum absolute atomic E-state index is 0.161. The molecule has 0 aliphatic carbocycles. The molecular formula is C17H27F3N4. The molecular weight excluding hydrogens is 317 g/mol. The van der Waals surface area contributed by atoms with E-state index in [1.54, 1.807) is 0 Å². The predicted molar refractivity (Wildman–Crippen MR) is 93.6 cm³/mol. The molecule has 1 aromatic rings. The smallest absolute Gasteiger partial charge is 0.375 e. The van der Waals surface area contributed by atoms with Gasteiger partial charge in [-0.25, -0.2) is 0 Å². The number of nitrogens with one attached hydrogen (secondary N) is 2. The van der Waals surface area contributed by atoms with Crippen molar-refractivity contribution in [2.45, 2.75) is 32.4 Å². The number of anilines is 1. The molecule has 136 valence electrons. The van der Waals surface area contributed by atoms with Gasteiger partial charge in [-0.1, -0.05) is 18.2 Å². The first-order valence-corrected chi connectivity index (χ1v) is 8.27. The molecule has 0 aliphatic heterocycles. The summed E-state index contributed by atoms with van der Waals surface area (Å²) in [5, 5.41) is 5.67. The largest absolute Gasteiger partial charge is 0.390 e. The van der Waals surface area contributed by atoms with Gasteiger partial charge in [0.05, 0.1) is 6.42 Å². The molecule has 0 fully saturated rings. The van der Waals surface area contributed by atoms with Crippen LogP contribution in [0.15, 0.2) is 35.3 Å². The van der Waals surface area contributed by atoms with E-state index in [1.165, 1.54) is 5.69 Å². The first-order valence-electron chi connectivity index (χ1n) is 8.27. The number of para-hydroxylation sites is 1. The first-order chi connectivity index (χ1) is 11.4. The third kappa shape index (κ3) is 9.27. The number of guanidine groups is 1. The van der Waals surface area contributed by atoms with Gasteiger partial charge in [0.1, 0.15) is 0 Å². The number of alkyl halides is 3. The van der Waals surface area contributed by atoms with E-state index in [2.05, 4.69) is 32.7 Å². The van der Waals surface area contributed by atoms with Gasteiger partial charge in [-0.3, -0.25) is 4.99 Å². The molecule has 0 spiro atoms. The molecule has 1 rings (SSSR count). The lowest BCUT2D eigenvalue weighted by Crippen LogP contribution is -2.39. The average molecular weight is 344 g/mol. The van der Waals surface area contributed by atoms with E-state index >= 15 is 0 Å². The molecule has 1 aromatic carbocycles. The number of hydrogen-bond donors (Lipinski definition) is 2. The fraction of sp³-hybridized carbons (Fsp3) is 0.588. The molecule has 4 nitrogen and oxygen atoms in total. The van der Waals surface area contributed by atoms with Crippen LogP contribution in [-0.4, -0.2) is 45.4 Å². The summed E-state index contributed by atoms with van der Waals surface area (Å²) in [6.07, 6.45) is -3.16. The maximum Gasteiger partial charge on any atom is 0.390 e. The van der Waals surface area contributed by atoms with Crippen LogP contribution in [0.5, 0.6) is 0 Å². The average Bonchev–Trinajstić information content (AvgIpc) is 2.54. The Balaban J connectivity index is 2.26. The quantitative estimate of drug-likeness (QED) is 0.410. The fourth-order valence-corrected chi connectivity index (χ4v) is 2.13. The second-order valence-electron chi connectivity index (χ2n) is 5.52. The minimum Gasteiger partial charge on any atom is -0.375 e. The summed E-state index contributed by atoms with van der Waals surface area (Å²) < 4.78 is 36.5. The third-order valence-corrected chi connectivity index (χ3v) is 3.41. The van der Waals surface area contributed by atoms with E-state index in [-0.39, 0.29) is 6.54 Å². The van der Waals surface area contributed by atoms with Crippen LogP contribution in [0.2, 0.25) is 0 Å².